The molecule has 0 fully saturated rings. The van der Waals surface area contributed by atoms with E-state index in [4.69, 9.17) is 10.8 Å². The molecule has 0 radical (unpaired) electrons. The van der Waals surface area contributed by atoms with Crippen LogP contribution in [0.3, 0.4) is 0 Å². The largest absolute Gasteiger partial charge is 0.480 e. The van der Waals surface area contributed by atoms with Crippen LogP contribution in [0.25, 0.3) is 0 Å². The molecule has 1 atom stereocenters. The lowest BCUT2D eigenvalue weighted by molar-refractivity contribution is -0.138. The first-order valence-electron chi connectivity index (χ1n) is 8.19. The molecule has 3 aromatic rings. The van der Waals surface area contributed by atoms with E-state index in [0.717, 1.165) is 16.9 Å². The van der Waals surface area contributed by atoms with E-state index < -0.39 is 12.0 Å². The van der Waals surface area contributed by atoms with Crippen LogP contribution >= 0.6 is 0 Å². The lowest BCUT2D eigenvalue weighted by Crippen LogP contribution is -2.32. The Labute approximate surface area is 152 Å². The van der Waals surface area contributed by atoms with E-state index in [1.807, 2.05) is 91.0 Å². The summed E-state index contributed by atoms with van der Waals surface area (Å²) < 4.78 is 0. The Kier molecular flexibility index (Phi) is 7.71. The first-order chi connectivity index (χ1) is 12.6. The van der Waals surface area contributed by atoms with Gasteiger partial charge in [0.05, 0.1) is 11.4 Å². The Bertz CT molecular complexity index is 765. The van der Waals surface area contributed by atoms with Crippen LogP contribution in [0.1, 0.15) is 5.56 Å². The molecule has 26 heavy (non-hydrogen) atoms. The second-order valence-corrected chi connectivity index (χ2v) is 5.51. The molecule has 132 valence electrons. The molecule has 3 N–H and O–H groups in total. The smallest absolute Gasteiger partial charge is 0.320 e. The van der Waals surface area contributed by atoms with Gasteiger partial charge in [0.1, 0.15) is 6.04 Å². The molecule has 0 heterocycles. The predicted octanol–water partition coefficient (Wildman–Crippen LogP) is 4.74. The summed E-state index contributed by atoms with van der Waals surface area (Å²) in [6.45, 7) is 0. The van der Waals surface area contributed by atoms with E-state index in [-0.39, 0.29) is 0 Å². The van der Waals surface area contributed by atoms with Crippen LogP contribution in [0.15, 0.2) is 101 Å². The summed E-state index contributed by atoms with van der Waals surface area (Å²) in [4.78, 5) is 10.4. The Balaban J connectivity index is 0.000000190. The van der Waals surface area contributed by atoms with Gasteiger partial charge in [0.2, 0.25) is 0 Å². The van der Waals surface area contributed by atoms with Crippen molar-refractivity contribution in [2.45, 2.75) is 12.5 Å². The Morgan fingerprint density at radius 1 is 0.769 bits per heavy atom. The molecule has 0 saturated carbocycles. The van der Waals surface area contributed by atoms with Crippen molar-refractivity contribution in [2.75, 3.05) is 0 Å². The normalized spacial score (nSPS) is 11.4. The maximum atomic E-state index is 10.4. The summed E-state index contributed by atoms with van der Waals surface area (Å²) in [7, 11) is 0. The second kappa shape index (κ2) is 10.5. The van der Waals surface area contributed by atoms with Crippen LogP contribution in [0.4, 0.5) is 11.4 Å². The zero-order chi connectivity index (χ0) is 18.6. The van der Waals surface area contributed by atoms with Gasteiger partial charge in [-0.05, 0) is 36.2 Å². The predicted molar refractivity (Wildman–Crippen MR) is 103 cm³/mol. The highest BCUT2D eigenvalue weighted by molar-refractivity contribution is 5.73. The molecule has 0 amide bonds. The minimum absolute atomic E-state index is 0.385. The molecule has 3 rings (SSSR count). The molecule has 5 heteroatoms. The molecule has 0 bridgehead atoms. The van der Waals surface area contributed by atoms with Gasteiger partial charge in [-0.25, -0.2) is 0 Å². The molecule has 0 aliphatic heterocycles. The quantitative estimate of drug-likeness (QED) is 0.653. The van der Waals surface area contributed by atoms with Gasteiger partial charge >= 0.3 is 5.97 Å². The average Bonchev–Trinajstić information content (AvgIpc) is 2.69. The average molecular weight is 347 g/mol. The fourth-order valence-corrected chi connectivity index (χ4v) is 2.06. The van der Waals surface area contributed by atoms with Crippen molar-refractivity contribution >= 4 is 17.3 Å². The molecule has 0 aliphatic carbocycles. The van der Waals surface area contributed by atoms with E-state index in [1.54, 1.807) is 0 Å². The Morgan fingerprint density at radius 3 is 1.54 bits per heavy atom. The van der Waals surface area contributed by atoms with Crippen molar-refractivity contribution in [3.05, 3.63) is 96.6 Å². The van der Waals surface area contributed by atoms with Crippen molar-refractivity contribution in [1.29, 1.82) is 0 Å². The zero-order valence-electron chi connectivity index (χ0n) is 14.3. The van der Waals surface area contributed by atoms with Crippen LogP contribution in [0.2, 0.25) is 0 Å². The maximum absolute atomic E-state index is 10.4. The highest BCUT2D eigenvalue weighted by Gasteiger charge is 2.10. The van der Waals surface area contributed by atoms with Crippen molar-refractivity contribution in [1.82, 2.24) is 0 Å². The number of rotatable bonds is 5. The van der Waals surface area contributed by atoms with Crippen LogP contribution in [0, 0.1) is 0 Å². The molecule has 3 aromatic carbocycles. The molecule has 0 saturated heterocycles. The second-order valence-electron chi connectivity index (χ2n) is 5.51. The molecule has 0 spiro atoms. The number of carbonyl (C=O) groups is 1. The Morgan fingerprint density at radius 2 is 1.15 bits per heavy atom. The van der Waals surface area contributed by atoms with E-state index >= 15 is 0 Å². The summed E-state index contributed by atoms with van der Waals surface area (Å²) in [5.74, 6) is -0.959. The number of carboxylic acids is 1. The molecule has 0 aromatic heterocycles. The highest BCUT2D eigenvalue weighted by Crippen LogP contribution is 2.16. The first-order valence-corrected chi connectivity index (χ1v) is 8.19. The molecule has 1 unspecified atom stereocenters. The minimum Gasteiger partial charge on any atom is -0.480 e. The molecular weight excluding hydrogens is 326 g/mol. The lowest BCUT2D eigenvalue weighted by atomic mass is 10.1. The van der Waals surface area contributed by atoms with Crippen LogP contribution in [0.5, 0.6) is 0 Å². The van der Waals surface area contributed by atoms with E-state index in [0.29, 0.717) is 6.42 Å². The van der Waals surface area contributed by atoms with Crippen molar-refractivity contribution < 1.29 is 9.90 Å². The minimum atomic E-state index is -0.959. The van der Waals surface area contributed by atoms with E-state index in [1.165, 1.54) is 0 Å². The van der Waals surface area contributed by atoms with Crippen molar-refractivity contribution in [3.8, 4) is 0 Å². The van der Waals surface area contributed by atoms with Gasteiger partial charge in [0.25, 0.3) is 0 Å². The number of carboxylic acid groups (broad SMARTS) is 1. The third-order valence-electron chi connectivity index (χ3n) is 3.41. The third-order valence-corrected chi connectivity index (χ3v) is 3.41. The lowest BCUT2D eigenvalue weighted by Gasteiger charge is -2.04. The summed E-state index contributed by atoms with van der Waals surface area (Å²) >= 11 is 0. The summed E-state index contributed by atoms with van der Waals surface area (Å²) in [6.07, 6.45) is 0.385. The number of nitrogens with two attached hydrogens (primary N) is 1. The topological polar surface area (TPSA) is 88.0 Å². The number of aliphatic carboxylic acids is 1. The van der Waals surface area contributed by atoms with E-state index in [2.05, 4.69) is 10.2 Å². The zero-order valence-corrected chi connectivity index (χ0v) is 14.3. The number of nitrogens with zero attached hydrogens (tertiary/aromatic N) is 2. The third kappa shape index (κ3) is 7.07. The number of azo groups is 1. The van der Waals surface area contributed by atoms with Gasteiger partial charge in [-0.15, -0.1) is 0 Å². The molecular formula is C21H21N3O2. The fourth-order valence-electron chi connectivity index (χ4n) is 2.06. The standard InChI is InChI=1S/C12H10N2.C9H11NO2/c1-3-7-11(8-4-1)13-14-12-9-5-2-6-10-12;10-8(9(11)12)6-7-4-2-1-3-5-7/h1-10H;1-5,8H,6,10H2,(H,11,12). The first kappa shape index (κ1) is 19.0. The summed E-state index contributed by atoms with van der Waals surface area (Å²) in [6, 6.07) is 27.9. The molecule has 5 nitrogen and oxygen atoms in total. The highest BCUT2D eigenvalue weighted by atomic mass is 16.4. The Hall–Kier alpha value is -3.31. The van der Waals surface area contributed by atoms with Gasteiger partial charge in [-0.3, -0.25) is 4.79 Å². The number of benzene rings is 3. The number of hydrogen-bond acceptors (Lipinski definition) is 4. The van der Waals surface area contributed by atoms with Crippen LogP contribution in [-0.2, 0) is 11.2 Å². The van der Waals surface area contributed by atoms with Crippen molar-refractivity contribution in [2.24, 2.45) is 16.0 Å². The van der Waals surface area contributed by atoms with Gasteiger partial charge in [-0.1, -0.05) is 66.7 Å². The van der Waals surface area contributed by atoms with Gasteiger partial charge in [0, 0.05) is 0 Å². The summed E-state index contributed by atoms with van der Waals surface area (Å²) in [5.41, 5.74) is 8.04. The monoisotopic (exact) mass is 347 g/mol. The van der Waals surface area contributed by atoms with Crippen LogP contribution < -0.4 is 5.73 Å². The van der Waals surface area contributed by atoms with Crippen LogP contribution in [-0.4, -0.2) is 17.1 Å². The van der Waals surface area contributed by atoms with Gasteiger partial charge < -0.3 is 10.8 Å². The fraction of sp³-hybridized carbons (Fsp3) is 0.0952. The summed E-state index contributed by atoms with van der Waals surface area (Å²) in [5, 5.41) is 16.7. The van der Waals surface area contributed by atoms with Crippen molar-refractivity contribution in [3.63, 3.8) is 0 Å². The SMILES string of the molecule is NC(Cc1ccccc1)C(=O)O.c1ccc(N=Nc2ccccc2)cc1. The number of hydrogen-bond donors (Lipinski definition) is 2. The van der Waals surface area contributed by atoms with E-state index in [9.17, 15) is 4.79 Å². The van der Waals surface area contributed by atoms with Gasteiger partial charge in [-0.2, -0.15) is 10.2 Å². The molecule has 0 aliphatic rings. The van der Waals surface area contributed by atoms with Gasteiger partial charge in [0.15, 0.2) is 0 Å². The maximum Gasteiger partial charge on any atom is 0.320 e.